The molecule has 3 nitrogen and oxygen atoms in total. The van der Waals surface area contributed by atoms with Crippen LogP contribution in [0.25, 0.3) is 11.0 Å². The lowest BCUT2D eigenvalue weighted by Gasteiger charge is -2.14. The van der Waals surface area contributed by atoms with Gasteiger partial charge >= 0.3 is 0 Å². The molecular formula is C12H17N3. The number of rotatable bonds is 2. The van der Waals surface area contributed by atoms with Gasteiger partial charge in [0.25, 0.3) is 0 Å². The third kappa shape index (κ3) is 1.58. The van der Waals surface area contributed by atoms with Gasteiger partial charge in [-0.1, -0.05) is 0 Å². The molecule has 0 aromatic carbocycles. The van der Waals surface area contributed by atoms with Gasteiger partial charge in [0.2, 0.25) is 0 Å². The second-order valence-corrected chi connectivity index (χ2v) is 4.28. The van der Waals surface area contributed by atoms with Crippen LogP contribution in [0.3, 0.4) is 0 Å². The number of pyridine rings is 1. The molecule has 0 spiro atoms. The lowest BCUT2D eigenvalue weighted by molar-refractivity contribution is 0.618. The van der Waals surface area contributed by atoms with E-state index in [2.05, 4.69) is 54.7 Å². The molecule has 0 bridgehead atoms. The SMILES string of the molecule is CC(C)n1ccc2c(N(C)C)ccnc21. The first kappa shape index (κ1) is 10.0. The zero-order chi connectivity index (χ0) is 11.0. The van der Waals surface area contributed by atoms with E-state index in [0.717, 1.165) is 5.65 Å². The topological polar surface area (TPSA) is 21.1 Å². The van der Waals surface area contributed by atoms with Crippen molar-refractivity contribution in [1.82, 2.24) is 9.55 Å². The normalized spacial score (nSPS) is 11.3. The Hall–Kier alpha value is -1.51. The van der Waals surface area contributed by atoms with E-state index in [1.54, 1.807) is 0 Å². The van der Waals surface area contributed by atoms with Crippen molar-refractivity contribution < 1.29 is 0 Å². The van der Waals surface area contributed by atoms with Crippen LogP contribution in [-0.2, 0) is 0 Å². The van der Waals surface area contributed by atoms with Gasteiger partial charge in [0.1, 0.15) is 5.65 Å². The lowest BCUT2D eigenvalue weighted by Crippen LogP contribution is -2.09. The van der Waals surface area contributed by atoms with Gasteiger partial charge in [-0.3, -0.25) is 0 Å². The first-order chi connectivity index (χ1) is 7.11. The van der Waals surface area contributed by atoms with Crippen LogP contribution in [0.4, 0.5) is 5.69 Å². The highest BCUT2D eigenvalue weighted by molar-refractivity contribution is 5.90. The highest BCUT2D eigenvalue weighted by Crippen LogP contribution is 2.26. The summed E-state index contributed by atoms with van der Waals surface area (Å²) in [6, 6.07) is 4.64. The fraction of sp³-hybridized carbons (Fsp3) is 0.417. The van der Waals surface area contributed by atoms with Crippen molar-refractivity contribution in [3.63, 3.8) is 0 Å². The van der Waals surface area contributed by atoms with Crippen molar-refractivity contribution in [2.24, 2.45) is 0 Å². The maximum atomic E-state index is 4.44. The summed E-state index contributed by atoms with van der Waals surface area (Å²) in [5, 5.41) is 1.22. The monoisotopic (exact) mass is 203 g/mol. The summed E-state index contributed by atoms with van der Waals surface area (Å²) in [6.07, 6.45) is 3.98. The second kappa shape index (κ2) is 3.57. The Kier molecular flexibility index (Phi) is 2.39. The Morgan fingerprint density at radius 2 is 2.00 bits per heavy atom. The summed E-state index contributed by atoms with van der Waals surface area (Å²) >= 11 is 0. The van der Waals surface area contributed by atoms with Gasteiger partial charge in [-0.15, -0.1) is 0 Å². The van der Waals surface area contributed by atoms with Gasteiger partial charge in [-0.2, -0.15) is 0 Å². The molecule has 2 aromatic rings. The van der Waals surface area contributed by atoms with Crippen molar-refractivity contribution in [1.29, 1.82) is 0 Å². The molecule has 0 aliphatic heterocycles. The Balaban J connectivity index is 2.69. The van der Waals surface area contributed by atoms with Crippen molar-refractivity contribution in [2.45, 2.75) is 19.9 Å². The second-order valence-electron chi connectivity index (χ2n) is 4.28. The van der Waals surface area contributed by atoms with Crippen molar-refractivity contribution in [3.05, 3.63) is 24.5 Å². The van der Waals surface area contributed by atoms with Crippen LogP contribution in [0.1, 0.15) is 19.9 Å². The largest absolute Gasteiger partial charge is 0.377 e. The number of hydrogen-bond acceptors (Lipinski definition) is 2. The van der Waals surface area contributed by atoms with Crippen LogP contribution in [0.15, 0.2) is 24.5 Å². The van der Waals surface area contributed by atoms with Crippen LogP contribution in [0.2, 0.25) is 0 Å². The quantitative estimate of drug-likeness (QED) is 0.748. The maximum absolute atomic E-state index is 4.44. The molecule has 0 aliphatic rings. The van der Waals surface area contributed by atoms with Crippen LogP contribution in [0.5, 0.6) is 0 Å². The van der Waals surface area contributed by atoms with Gasteiger partial charge in [0, 0.05) is 43.6 Å². The first-order valence-corrected chi connectivity index (χ1v) is 5.24. The minimum absolute atomic E-state index is 0.451. The summed E-state index contributed by atoms with van der Waals surface area (Å²) in [5.74, 6) is 0. The zero-order valence-electron chi connectivity index (χ0n) is 9.73. The molecule has 0 unspecified atom stereocenters. The summed E-state index contributed by atoms with van der Waals surface area (Å²) in [5.41, 5.74) is 2.29. The van der Waals surface area contributed by atoms with Crippen LogP contribution >= 0.6 is 0 Å². The lowest BCUT2D eigenvalue weighted by atomic mass is 10.2. The van der Waals surface area contributed by atoms with Gasteiger partial charge in [-0.05, 0) is 26.0 Å². The van der Waals surface area contributed by atoms with Crippen LogP contribution in [0, 0.1) is 0 Å². The molecule has 3 heteroatoms. The maximum Gasteiger partial charge on any atom is 0.142 e. The Labute approximate surface area is 90.3 Å². The smallest absolute Gasteiger partial charge is 0.142 e. The third-order valence-electron chi connectivity index (χ3n) is 2.63. The average Bonchev–Trinajstić information content (AvgIpc) is 2.59. The third-order valence-corrected chi connectivity index (χ3v) is 2.63. The molecule has 2 rings (SSSR count). The van der Waals surface area contributed by atoms with E-state index in [0.29, 0.717) is 6.04 Å². The zero-order valence-corrected chi connectivity index (χ0v) is 9.73. The average molecular weight is 203 g/mol. The molecule has 2 heterocycles. The van der Waals surface area contributed by atoms with Crippen molar-refractivity contribution in [3.8, 4) is 0 Å². The highest BCUT2D eigenvalue weighted by Gasteiger charge is 2.09. The molecule has 2 aromatic heterocycles. The number of anilines is 1. The molecule has 0 saturated heterocycles. The Morgan fingerprint density at radius 3 is 2.60 bits per heavy atom. The standard InChI is InChI=1S/C12H17N3/c1-9(2)15-8-6-10-11(14(3)4)5-7-13-12(10)15/h5-9H,1-4H3. The van der Waals surface area contributed by atoms with Gasteiger partial charge < -0.3 is 9.47 Å². The van der Waals surface area contributed by atoms with E-state index in [-0.39, 0.29) is 0 Å². The van der Waals surface area contributed by atoms with Crippen molar-refractivity contribution >= 4 is 16.7 Å². The summed E-state index contributed by atoms with van der Waals surface area (Å²) < 4.78 is 2.20. The van der Waals surface area contributed by atoms with Gasteiger partial charge in [0.15, 0.2) is 0 Å². The summed E-state index contributed by atoms with van der Waals surface area (Å²) in [6.45, 7) is 4.34. The number of fused-ring (bicyclic) bond motifs is 1. The highest BCUT2D eigenvalue weighted by atomic mass is 15.1. The molecule has 80 valence electrons. The Morgan fingerprint density at radius 1 is 1.27 bits per heavy atom. The fourth-order valence-corrected chi connectivity index (χ4v) is 1.85. The molecular weight excluding hydrogens is 186 g/mol. The van der Waals surface area contributed by atoms with E-state index >= 15 is 0 Å². The van der Waals surface area contributed by atoms with E-state index in [1.165, 1.54) is 11.1 Å². The van der Waals surface area contributed by atoms with Crippen molar-refractivity contribution in [2.75, 3.05) is 19.0 Å². The molecule has 0 amide bonds. The van der Waals surface area contributed by atoms with E-state index < -0.39 is 0 Å². The van der Waals surface area contributed by atoms with E-state index in [1.807, 2.05) is 12.3 Å². The molecule has 0 atom stereocenters. The van der Waals surface area contributed by atoms with Gasteiger partial charge in [0.05, 0.1) is 0 Å². The van der Waals surface area contributed by atoms with Crippen LogP contribution in [-0.4, -0.2) is 23.6 Å². The molecule has 0 saturated carbocycles. The Bertz CT molecular complexity index is 469. The molecule has 0 radical (unpaired) electrons. The predicted molar refractivity (Wildman–Crippen MR) is 64.4 cm³/mol. The molecule has 0 aliphatic carbocycles. The summed E-state index contributed by atoms with van der Waals surface area (Å²) in [4.78, 5) is 6.56. The predicted octanol–water partition coefficient (Wildman–Crippen LogP) is 2.68. The van der Waals surface area contributed by atoms with E-state index in [4.69, 9.17) is 0 Å². The summed E-state index contributed by atoms with van der Waals surface area (Å²) in [7, 11) is 4.11. The first-order valence-electron chi connectivity index (χ1n) is 5.24. The molecule has 15 heavy (non-hydrogen) atoms. The fourth-order valence-electron chi connectivity index (χ4n) is 1.85. The number of aromatic nitrogens is 2. The molecule has 0 fully saturated rings. The number of nitrogens with zero attached hydrogens (tertiary/aromatic N) is 3. The van der Waals surface area contributed by atoms with E-state index in [9.17, 15) is 0 Å². The van der Waals surface area contributed by atoms with Crippen LogP contribution < -0.4 is 4.90 Å². The molecule has 0 N–H and O–H groups in total. The minimum Gasteiger partial charge on any atom is -0.377 e. The minimum atomic E-state index is 0.451. The van der Waals surface area contributed by atoms with Gasteiger partial charge in [-0.25, -0.2) is 4.98 Å². The number of hydrogen-bond donors (Lipinski definition) is 0.